The highest BCUT2D eigenvalue weighted by atomic mass is 16.7. The number of aliphatic hydroxyl groups excluding tert-OH is 6. The molecule has 2 aromatic carbocycles. The van der Waals surface area contributed by atoms with Crippen LogP contribution in [0.25, 0.3) is 22.1 Å². The van der Waals surface area contributed by atoms with E-state index in [9.17, 15) is 35.4 Å². The molecule has 3 heterocycles. The Kier molecular flexibility index (Phi) is 8.61. The van der Waals surface area contributed by atoms with Crippen LogP contribution < -0.4 is 14.9 Å². The van der Waals surface area contributed by atoms with Crippen molar-refractivity contribution in [2.45, 2.75) is 68.3 Å². The van der Waals surface area contributed by atoms with Gasteiger partial charge in [0.1, 0.15) is 66.1 Å². The Balaban J connectivity index is 1.29. The predicted octanol–water partition coefficient (Wildman–Crippen LogP) is -0.501. The first-order valence-electron chi connectivity index (χ1n) is 13.0. The van der Waals surface area contributed by atoms with Gasteiger partial charge < -0.3 is 58.7 Å². The van der Waals surface area contributed by atoms with Crippen molar-refractivity contribution in [2.24, 2.45) is 0 Å². The Bertz CT molecular complexity index is 1390. The van der Waals surface area contributed by atoms with Crippen LogP contribution in [0.2, 0.25) is 0 Å². The van der Waals surface area contributed by atoms with E-state index in [0.717, 1.165) is 0 Å². The number of ether oxygens (including phenoxy) is 5. The molecule has 2 saturated heterocycles. The number of rotatable bonds is 7. The summed E-state index contributed by atoms with van der Waals surface area (Å²) in [5, 5.41) is 61.6. The highest BCUT2D eigenvalue weighted by Crippen LogP contribution is 2.29. The highest BCUT2D eigenvalue weighted by molar-refractivity contribution is 5.82. The lowest BCUT2D eigenvalue weighted by Gasteiger charge is -2.42. The van der Waals surface area contributed by atoms with Crippen molar-refractivity contribution in [1.82, 2.24) is 0 Å². The number of fused-ring (bicyclic) bond motifs is 1. The Morgan fingerprint density at radius 1 is 0.780 bits per heavy atom. The first-order chi connectivity index (χ1) is 19.6. The van der Waals surface area contributed by atoms with Gasteiger partial charge in [0.2, 0.25) is 6.29 Å². The highest BCUT2D eigenvalue weighted by Gasteiger charge is 2.47. The van der Waals surface area contributed by atoms with Crippen LogP contribution >= 0.6 is 0 Å². The predicted molar refractivity (Wildman–Crippen MR) is 140 cm³/mol. The van der Waals surface area contributed by atoms with Gasteiger partial charge in [-0.25, -0.2) is 0 Å². The zero-order valence-electron chi connectivity index (χ0n) is 22.1. The molecule has 6 N–H and O–H groups in total. The molecule has 0 unspecified atom stereocenters. The van der Waals surface area contributed by atoms with Gasteiger partial charge in [0, 0.05) is 6.07 Å². The summed E-state index contributed by atoms with van der Waals surface area (Å²) in [4.78, 5) is 13.1. The van der Waals surface area contributed by atoms with Crippen LogP contribution in [0.5, 0.6) is 11.5 Å². The van der Waals surface area contributed by atoms with E-state index >= 15 is 0 Å². The largest absolute Gasteiger partial charge is 0.497 e. The molecule has 5 rings (SSSR count). The summed E-state index contributed by atoms with van der Waals surface area (Å²) in [5.74, 6) is 0.787. The van der Waals surface area contributed by atoms with Crippen molar-refractivity contribution in [2.75, 3.05) is 13.7 Å². The third-order valence-electron chi connectivity index (χ3n) is 7.30. The lowest BCUT2D eigenvalue weighted by atomic mass is 9.98. The van der Waals surface area contributed by atoms with E-state index in [4.69, 9.17) is 28.1 Å². The van der Waals surface area contributed by atoms with E-state index in [-0.39, 0.29) is 22.1 Å². The third-order valence-corrected chi connectivity index (χ3v) is 7.30. The zero-order chi connectivity index (χ0) is 29.4. The average molecular weight is 577 g/mol. The SMILES string of the molecule is COc1ccc(-c2coc3cc(O[C@@H]4O[C@@H](CO[C@@H]5O[C@@H](C)[C@H](O)[C@@H](O)[C@H]5O)[C@@H](O)[C@H](O)[C@H]4O)ccc3c2=O)cc1. The zero-order valence-corrected chi connectivity index (χ0v) is 22.1. The summed E-state index contributed by atoms with van der Waals surface area (Å²) < 4.78 is 33.1. The molecule has 1 aromatic heterocycles. The molecule has 222 valence electrons. The van der Waals surface area contributed by atoms with E-state index < -0.39 is 68.0 Å². The quantitative estimate of drug-likeness (QED) is 0.211. The van der Waals surface area contributed by atoms with Crippen molar-refractivity contribution in [3.63, 3.8) is 0 Å². The van der Waals surface area contributed by atoms with Crippen LogP contribution in [0.1, 0.15) is 6.92 Å². The van der Waals surface area contributed by atoms with Gasteiger partial charge in [0.05, 0.1) is 30.8 Å². The van der Waals surface area contributed by atoms with Gasteiger partial charge in [0.15, 0.2) is 11.7 Å². The fraction of sp³-hybridized carbons (Fsp3) is 0.464. The molecule has 0 saturated carbocycles. The number of hydrogen-bond donors (Lipinski definition) is 6. The van der Waals surface area contributed by atoms with Crippen molar-refractivity contribution < 1.29 is 58.7 Å². The molecule has 2 aliphatic rings. The van der Waals surface area contributed by atoms with Crippen LogP contribution in [-0.2, 0) is 14.2 Å². The maximum Gasteiger partial charge on any atom is 0.229 e. The first kappa shape index (κ1) is 29.4. The lowest BCUT2D eigenvalue weighted by molar-refractivity contribution is -0.318. The lowest BCUT2D eigenvalue weighted by Crippen LogP contribution is -2.61. The van der Waals surface area contributed by atoms with E-state index in [1.165, 1.54) is 31.4 Å². The summed E-state index contributed by atoms with van der Waals surface area (Å²) in [5.41, 5.74) is 0.927. The Labute approximate surface area is 233 Å². The van der Waals surface area contributed by atoms with Crippen LogP contribution in [0.4, 0.5) is 0 Å². The van der Waals surface area contributed by atoms with Crippen LogP contribution in [0, 0.1) is 0 Å². The number of benzene rings is 2. The molecule has 13 heteroatoms. The third kappa shape index (κ3) is 5.81. The molecule has 0 bridgehead atoms. The first-order valence-corrected chi connectivity index (χ1v) is 13.0. The van der Waals surface area contributed by atoms with E-state index in [1.807, 2.05) is 0 Å². The van der Waals surface area contributed by atoms with Gasteiger partial charge in [-0.15, -0.1) is 0 Å². The van der Waals surface area contributed by atoms with Gasteiger partial charge in [-0.2, -0.15) is 0 Å². The molecule has 0 spiro atoms. The number of hydrogen-bond acceptors (Lipinski definition) is 13. The summed E-state index contributed by atoms with van der Waals surface area (Å²) in [6, 6.07) is 11.3. The maximum absolute atomic E-state index is 13.1. The Morgan fingerprint density at radius 3 is 2.15 bits per heavy atom. The molecular weight excluding hydrogens is 544 g/mol. The molecule has 41 heavy (non-hydrogen) atoms. The van der Waals surface area contributed by atoms with Gasteiger partial charge in [-0.1, -0.05) is 12.1 Å². The van der Waals surface area contributed by atoms with Crippen LogP contribution in [0.15, 0.2) is 57.9 Å². The second kappa shape index (κ2) is 12.0. The molecule has 0 radical (unpaired) electrons. The minimum absolute atomic E-state index is 0.141. The molecule has 2 aliphatic heterocycles. The van der Waals surface area contributed by atoms with E-state index in [2.05, 4.69) is 0 Å². The average Bonchev–Trinajstić information content (AvgIpc) is 2.98. The molecule has 0 amide bonds. The van der Waals surface area contributed by atoms with E-state index in [0.29, 0.717) is 16.9 Å². The van der Waals surface area contributed by atoms with E-state index in [1.54, 1.807) is 31.4 Å². The van der Waals surface area contributed by atoms with Gasteiger partial charge in [-0.05, 0) is 36.8 Å². The minimum Gasteiger partial charge on any atom is -0.497 e. The minimum atomic E-state index is -1.68. The second-order valence-corrected chi connectivity index (χ2v) is 10.0. The molecular formula is C28H32O13. The number of aliphatic hydroxyl groups is 6. The molecule has 13 nitrogen and oxygen atoms in total. The smallest absolute Gasteiger partial charge is 0.229 e. The second-order valence-electron chi connectivity index (χ2n) is 10.0. The van der Waals surface area contributed by atoms with Gasteiger partial charge in [0.25, 0.3) is 0 Å². The summed E-state index contributed by atoms with van der Waals surface area (Å²) in [7, 11) is 1.55. The van der Waals surface area contributed by atoms with Crippen molar-refractivity contribution in [1.29, 1.82) is 0 Å². The molecule has 2 fully saturated rings. The Morgan fingerprint density at radius 2 is 1.44 bits per heavy atom. The fourth-order valence-corrected chi connectivity index (χ4v) is 4.78. The monoisotopic (exact) mass is 576 g/mol. The standard InChI is InChI=1S/C28H32O13/c1-12-20(29)23(32)25(34)27(39-12)38-11-19-22(31)24(33)26(35)28(41-19)40-15-7-8-16-18(9-15)37-10-17(21(16)30)13-3-5-14(36-2)6-4-13/h3-10,12,19-20,22-29,31-35H,11H2,1-2H3/t12-,19-,20-,22+,23+,24-,25+,26+,27+,28+/m0/s1. The topological polar surface area (TPSA) is 198 Å². The normalized spacial score (nSPS) is 34.0. The fourth-order valence-electron chi connectivity index (χ4n) is 4.78. The summed E-state index contributed by atoms with van der Waals surface area (Å²) in [6.07, 6.45) is -12.9. The molecule has 3 aromatic rings. The molecule has 0 aliphatic carbocycles. The van der Waals surface area contributed by atoms with Crippen molar-refractivity contribution in [3.8, 4) is 22.6 Å². The van der Waals surface area contributed by atoms with Gasteiger partial charge >= 0.3 is 0 Å². The molecule has 10 atom stereocenters. The number of methoxy groups -OCH3 is 1. The van der Waals surface area contributed by atoms with Crippen molar-refractivity contribution >= 4 is 11.0 Å². The maximum atomic E-state index is 13.1. The Hall–Kier alpha value is -3.11. The van der Waals surface area contributed by atoms with Crippen LogP contribution in [-0.4, -0.2) is 106 Å². The van der Waals surface area contributed by atoms with Crippen molar-refractivity contribution in [3.05, 3.63) is 59.0 Å². The summed E-state index contributed by atoms with van der Waals surface area (Å²) in [6.45, 7) is 1.06. The summed E-state index contributed by atoms with van der Waals surface area (Å²) >= 11 is 0. The van der Waals surface area contributed by atoms with Gasteiger partial charge in [-0.3, -0.25) is 4.79 Å². The van der Waals surface area contributed by atoms with Crippen LogP contribution in [0.3, 0.4) is 0 Å².